The molecule has 0 atom stereocenters. The van der Waals surface area contributed by atoms with E-state index in [1.165, 1.54) is 5.56 Å². The van der Waals surface area contributed by atoms with Crippen LogP contribution in [0.25, 0.3) is 5.52 Å². The summed E-state index contributed by atoms with van der Waals surface area (Å²) in [6, 6.07) is 4.22. The van der Waals surface area contributed by atoms with Crippen LogP contribution in [0.3, 0.4) is 0 Å². The molecule has 0 aliphatic carbocycles. The quantitative estimate of drug-likeness (QED) is 0.828. The summed E-state index contributed by atoms with van der Waals surface area (Å²) in [6.07, 6.45) is 4.98. The van der Waals surface area contributed by atoms with Gasteiger partial charge in [-0.2, -0.15) is 0 Å². The van der Waals surface area contributed by atoms with Crippen LogP contribution in [0.2, 0.25) is 0 Å². The topological polar surface area (TPSA) is 43.3 Å². The molecule has 2 aromatic rings. The molecule has 3 nitrogen and oxygen atoms in total. The Morgan fingerprint density at radius 1 is 1.40 bits per heavy atom. The van der Waals surface area contributed by atoms with E-state index < -0.39 is 0 Å². The maximum Gasteiger partial charge on any atom is 0.115 e. The monoisotopic (exact) mass is 203 g/mol. The van der Waals surface area contributed by atoms with Crippen molar-refractivity contribution < 1.29 is 0 Å². The Morgan fingerprint density at radius 3 is 2.87 bits per heavy atom. The molecular formula is C12H17N3. The largest absolute Gasteiger partial charge is 0.330 e. The summed E-state index contributed by atoms with van der Waals surface area (Å²) in [4.78, 5) is 4.43. The Kier molecular flexibility index (Phi) is 2.73. The van der Waals surface area contributed by atoms with Gasteiger partial charge in [-0.25, -0.2) is 4.98 Å². The molecule has 2 rings (SSSR count). The predicted octanol–water partition coefficient (Wildman–Crippen LogP) is 1.96. The van der Waals surface area contributed by atoms with E-state index in [4.69, 9.17) is 5.73 Å². The molecule has 0 unspecified atom stereocenters. The lowest BCUT2D eigenvalue weighted by atomic mass is 10.2. The van der Waals surface area contributed by atoms with Crippen molar-refractivity contribution in [3.05, 3.63) is 35.9 Å². The third-order valence-electron chi connectivity index (χ3n) is 2.57. The minimum absolute atomic E-state index is 0.445. The van der Waals surface area contributed by atoms with Gasteiger partial charge in [0.2, 0.25) is 0 Å². The fraction of sp³-hybridized carbons (Fsp3) is 0.417. The maximum absolute atomic E-state index is 5.55. The highest BCUT2D eigenvalue weighted by molar-refractivity contribution is 5.47. The number of hydrogen-bond donors (Lipinski definition) is 1. The van der Waals surface area contributed by atoms with Crippen LogP contribution in [-0.2, 0) is 6.42 Å². The Hall–Kier alpha value is -1.35. The molecule has 0 spiro atoms. The fourth-order valence-electron chi connectivity index (χ4n) is 1.80. The van der Waals surface area contributed by atoms with Crippen molar-refractivity contribution in [1.82, 2.24) is 9.38 Å². The summed E-state index contributed by atoms with van der Waals surface area (Å²) in [5.74, 6) is 1.56. The Morgan fingerprint density at radius 2 is 2.20 bits per heavy atom. The Labute approximate surface area is 89.9 Å². The number of hydrogen-bond acceptors (Lipinski definition) is 2. The molecule has 0 fully saturated rings. The molecule has 0 amide bonds. The van der Waals surface area contributed by atoms with Crippen LogP contribution in [0, 0.1) is 0 Å². The molecule has 80 valence electrons. The lowest BCUT2D eigenvalue weighted by Gasteiger charge is -2.06. The molecule has 0 aliphatic rings. The van der Waals surface area contributed by atoms with Crippen molar-refractivity contribution in [2.24, 2.45) is 5.73 Å². The Bertz CT molecular complexity index is 457. The van der Waals surface area contributed by atoms with Crippen LogP contribution in [0.5, 0.6) is 0 Å². The molecule has 0 bridgehead atoms. The Balaban J connectivity index is 2.51. The van der Waals surface area contributed by atoms with Gasteiger partial charge < -0.3 is 10.1 Å². The predicted molar refractivity (Wildman–Crippen MR) is 62.0 cm³/mol. The average molecular weight is 203 g/mol. The summed E-state index contributed by atoms with van der Waals surface area (Å²) in [7, 11) is 0. The van der Waals surface area contributed by atoms with Gasteiger partial charge in [-0.05, 0) is 24.6 Å². The van der Waals surface area contributed by atoms with Gasteiger partial charge >= 0.3 is 0 Å². The number of fused-ring (bicyclic) bond motifs is 1. The summed E-state index contributed by atoms with van der Waals surface area (Å²) in [5.41, 5.74) is 7.97. The third-order valence-corrected chi connectivity index (χ3v) is 2.57. The van der Waals surface area contributed by atoms with Crippen LogP contribution in [-0.4, -0.2) is 15.9 Å². The molecule has 15 heavy (non-hydrogen) atoms. The van der Waals surface area contributed by atoms with Crippen LogP contribution in [0.4, 0.5) is 0 Å². The van der Waals surface area contributed by atoms with Crippen molar-refractivity contribution in [3.63, 3.8) is 0 Å². The first-order chi connectivity index (χ1) is 7.22. The SMILES string of the molecule is CC(C)c1ncc2ccc(CCN)cn12. The van der Waals surface area contributed by atoms with E-state index in [9.17, 15) is 0 Å². The average Bonchev–Trinajstić information content (AvgIpc) is 2.61. The molecule has 0 radical (unpaired) electrons. The molecule has 0 aromatic carbocycles. The minimum Gasteiger partial charge on any atom is -0.330 e. The van der Waals surface area contributed by atoms with Crippen molar-refractivity contribution in [3.8, 4) is 0 Å². The maximum atomic E-state index is 5.55. The van der Waals surface area contributed by atoms with Crippen LogP contribution >= 0.6 is 0 Å². The van der Waals surface area contributed by atoms with E-state index in [0.717, 1.165) is 17.8 Å². The lowest BCUT2D eigenvalue weighted by molar-refractivity contribution is 0.767. The molecule has 2 heterocycles. The summed E-state index contributed by atoms with van der Waals surface area (Å²) in [6.45, 7) is 5.01. The van der Waals surface area contributed by atoms with Gasteiger partial charge in [0.05, 0.1) is 11.7 Å². The van der Waals surface area contributed by atoms with Crippen molar-refractivity contribution in [1.29, 1.82) is 0 Å². The molecule has 2 N–H and O–H groups in total. The van der Waals surface area contributed by atoms with E-state index in [-0.39, 0.29) is 0 Å². The smallest absolute Gasteiger partial charge is 0.115 e. The van der Waals surface area contributed by atoms with Crippen molar-refractivity contribution in [2.75, 3.05) is 6.54 Å². The third kappa shape index (κ3) is 1.88. The first-order valence-electron chi connectivity index (χ1n) is 5.38. The zero-order valence-electron chi connectivity index (χ0n) is 9.27. The number of nitrogens with two attached hydrogens (primary N) is 1. The van der Waals surface area contributed by atoms with E-state index in [0.29, 0.717) is 12.5 Å². The van der Waals surface area contributed by atoms with Gasteiger partial charge in [0.15, 0.2) is 0 Å². The number of imidazole rings is 1. The second-order valence-corrected chi connectivity index (χ2v) is 4.14. The van der Waals surface area contributed by atoms with Gasteiger partial charge in [-0.15, -0.1) is 0 Å². The number of pyridine rings is 1. The molecule has 0 saturated carbocycles. The van der Waals surface area contributed by atoms with Crippen molar-refractivity contribution in [2.45, 2.75) is 26.2 Å². The highest BCUT2D eigenvalue weighted by atomic mass is 15.0. The van der Waals surface area contributed by atoms with E-state index >= 15 is 0 Å². The zero-order chi connectivity index (χ0) is 10.8. The van der Waals surface area contributed by atoms with Crippen LogP contribution in [0.15, 0.2) is 24.5 Å². The van der Waals surface area contributed by atoms with Gasteiger partial charge in [-0.1, -0.05) is 19.9 Å². The molecule has 3 heteroatoms. The molecule has 0 aliphatic heterocycles. The second kappa shape index (κ2) is 4.03. The van der Waals surface area contributed by atoms with Crippen LogP contribution < -0.4 is 5.73 Å². The minimum atomic E-state index is 0.445. The van der Waals surface area contributed by atoms with Gasteiger partial charge in [0, 0.05) is 12.1 Å². The number of aromatic nitrogens is 2. The first kappa shape index (κ1) is 10.2. The standard InChI is InChI=1S/C12H17N3/c1-9(2)12-14-7-11-4-3-10(5-6-13)8-15(11)12/h3-4,7-9H,5-6,13H2,1-2H3. The highest BCUT2D eigenvalue weighted by Crippen LogP contribution is 2.16. The molecule has 0 saturated heterocycles. The van der Waals surface area contributed by atoms with Gasteiger partial charge in [0.25, 0.3) is 0 Å². The summed E-state index contributed by atoms with van der Waals surface area (Å²) in [5, 5.41) is 0. The van der Waals surface area contributed by atoms with Crippen LogP contribution in [0.1, 0.15) is 31.2 Å². The number of rotatable bonds is 3. The normalized spacial score (nSPS) is 11.5. The number of nitrogens with zero attached hydrogens (tertiary/aromatic N) is 2. The fourth-order valence-corrected chi connectivity index (χ4v) is 1.80. The second-order valence-electron chi connectivity index (χ2n) is 4.14. The highest BCUT2D eigenvalue weighted by Gasteiger charge is 2.07. The van der Waals surface area contributed by atoms with Gasteiger partial charge in [-0.3, -0.25) is 0 Å². The molecular weight excluding hydrogens is 186 g/mol. The van der Waals surface area contributed by atoms with E-state index in [1.807, 2.05) is 6.20 Å². The summed E-state index contributed by atoms with van der Waals surface area (Å²) < 4.78 is 2.16. The first-order valence-corrected chi connectivity index (χ1v) is 5.38. The molecule has 2 aromatic heterocycles. The van der Waals surface area contributed by atoms with E-state index in [2.05, 4.69) is 41.6 Å². The van der Waals surface area contributed by atoms with Gasteiger partial charge in [0.1, 0.15) is 5.82 Å². The van der Waals surface area contributed by atoms with E-state index in [1.54, 1.807) is 0 Å². The lowest BCUT2D eigenvalue weighted by Crippen LogP contribution is -2.04. The van der Waals surface area contributed by atoms with Crippen molar-refractivity contribution >= 4 is 5.52 Å². The zero-order valence-corrected chi connectivity index (χ0v) is 9.27. The summed E-state index contributed by atoms with van der Waals surface area (Å²) >= 11 is 0.